The molecule has 8 aromatic rings. The van der Waals surface area contributed by atoms with Crippen LogP contribution in [-0.2, 0) is 10.8 Å². The summed E-state index contributed by atoms with van der Waals surface area (Å²) in [6.07, 6.45) is 0. The maximum Gasteiger partial charge on any atom is 0.0544 e. The number of anilines is 3. The highest BCUT2D eigenvalue weighted by Crippen LogP contribution is 2.61. The minimum Gasteiger partial charge on any atom is -0.309 e. The molecule has 0 amide bonds. The van der Waals surface area contributed by atoms with Crippen LogP contribution in [0.25, 0.3) is 49.7 Å². The van der Waals surface area contributed by atoms with Crippen LogP contribution in [0, 0.1) is 0 Å². The van der Waals surface area contributed by atoms with Gasteiger partial charge in [-0.1, -0.05) is 125 Å². The summed E-state index contributed by atoms with van der Waals surface area (Å²) in [5, 5.41) is 2.54. The molecule has 0 spiro atoms. The molecule has 1 aromatic heterocycles. The average molecular weight is 643 g/mol. The van der Waals surface area contributed by atoms with Crippen LogP contribution >= 0.6 is 0 Å². The van der Waals surface area contributed by atoms with E-state index in [-0.39, 0.29) is 10.8 Å². The third-order valence-corrected chi connectivity index (χ3v) is 11.5. The molecular formula is C48H38N2. The predicted octanol–water partition coefficient (Wildman–Crippen LogP) is 12.9. The van der Waals surface area contributed by atoms with E-state index in [0.29, 0.717) is 0 Å². The van der Waals surface area contributed by atoms with Crippen molar-refractivity contribution in [2.75, 3.05) is 4.90 Å². The number of para-hydroxylation sites is 3. The standard InChI is InChI=1S/C48H38N2/c1-47(2)38-20-12-14-22-44(38)50-45-26-24-33(28-39(45)48(3,4)41-30-34(29-40(47)46(41)50)31-15-7-5-8-16-31)32-23-25-43-37(27-32)36-19-11-13-21-42(36)49(43)35-17-9-6-10-18-35/h5-30H,1-4H3. The zero-order valence-electron chi connectivity index (χ0n) is 28.9. The number of aromatic nitrogens is 1. The van der Waals surface area contributed by atoms with Gasteiger partial charge in [-0.25, -0.2) is 0 Å². The lowest BCUT2D eigenvalue weighted by atomic mass is 9.65. The molecule has 2 aliphatic heterocycles. The van der Waals surface area contributed by atoms with Crippen LogP contribution in [0.2, 0.25) is 0 Å². The van der Waals surface area contributed by atoms with Gasteiger partial charge in [0.25, 0.3) is 0 Å². The highest BCUT2D eigenvalue weighted by Gasteiger charge is 2.45. The fraction of sp³-hybridized carbons (Fsp3) is 0.125. The molecule has 2 aliphatic rings. The van der Waals surface area contributed by atoms with E-state index in [2.05, 4.69) is 195 Å². The van der Waals surface area contributed by atoms with Crippen LogP contribution in [0.1, 0.15) is 49.9 Å². The van der Waals surface area contributed by atoms with Gasteiger partial charge in [-0.05, 0) is 105 Å². The highest BCUT2D eigenvalue weighted by atomic mass is 15.2. The first-order chi connectivity index (χ1) is 24.3. The van der Waals surface area contributed by atoms with Crippen molar-refractivity contribution in [3.63, 3.8) is 0 Å². The molecule has 0 fully saturated rings. The molecule has 0 saturated heterocycles. The molecule has 240 valence electrons. The Morgan fingerprint density at radius 2 is 0.940 bits per heavy atom. The van der Waals surface area contributed by atoms with E-state index in [0.717, 1.165) is 0 Å². The van der Waals surface area contributed by atoms with Crippen molar-refractivity contribution in [3.8, 4) is 27.9 Å². The van der Waals surface area contributed by atoms with Crippen molar-refractivity contribution in [1.29, 1.82) is 0 Å². The smallest absolute Gasteiger partial charge is 0.0544 e. The van der Waals surface area contributed by atoms with E-state index in [4.69, 9.17) is 0 Å². The van der Waals surface area contributed by atoms with Crippen LogP contribution < -0.4 is 4.90 Å². The Morgan fingerprint density at radius 3 is 1.72 bits per heavy atom. The van der Waals surface area contributed by atoms with Gasteiger partial charge >= 0.3 is 0 Å². The fourth-order valence-corrected chi connectivity index (χ4v) is 8.90. The average Bonchev–Trinajstić information content (AvgIpc) is 3.49. The lowest BCUT2D eigenvalue weighted by molar-refractivity contribution is 0.598. The first kappa shape index (κ1) is 29.1. The van der Waals surface area contributed by atoms with Crippen LogP contribution in [0.15, 0.2) is 158 Å². The maximum absolute atomic E-state index is 2.56. The second-order valence-electron chi connectivity index (χ2n) is 15.0. The molecule has 0 atom stereocenters. The van der Waals surface area contributed by atoms with Crippen molar-refractivity contribution in [2.24, 2.45) is 0 Å². The summed E-state index contributed by atoms with van der Waals surface area (Å²) in [6, 6.07) is 58.4. The quantitative estimate of drug-likeness (QED) is 0.186. The molecule has 7 aromatic carbocycles. The normalized spacial score (nSPS) is 15.1. The van der Waals surface area contributed by atoms with E-state index in [1.807, 2.05) is 0 Å². The fourth-order valence-electron chi connectivity index (χ4n) is 8.90. The molecule has 2 heteroatoms. The zero-order chi connectivity index (χ0) is 33.8. The number of benzene rings is 7. The van der Waals surface area contributed by atoms with E-state index in [1.165, 1.54) is 89.1 Å². The Bertz CT molecular complexity index is 2640. The topological polar surface area (TPSA) is 8.17 Å². The van der Waals surface area contributed by atoms with Crippen molar-refractivity contribution >= 4 is 38.9 Å². The second-order valence-corrected chi connectivity index (χ2v) is 15.0. The van der Waals surface area contributed by atoms with Gasteiger partial charge in [0.05, 0.1) is 28.1 Å². The lowest BCUT2D eigenvalue weighted by Crippen LogP contribution is -2.38. The summed E-state index contributed by atoms with van der Waals surface area (Å²) >= 11 is 0. The first-order valence-corrected chi connectivity index (χ1v) is 17.7. The van der Waals surface area contributed by atoms with E-state index >= 15 is 0 Å². The summed E-state index contributed by atoms with van der Waals surface area (Å²) in [5.41, 5.74) is 17.6. The Morgan fingerprint density at radius 1 is 0.380 bits per heavy atom. The number of nitrogens with zero attached hydrogens (tertiary/aromatic N) is 2. The Hall–Kier alpha value is -5.86. The molecular weight excluding hydrogens is 605 g/mol. The van der Waals surface area contributed by atoms with E-state index in [9.17, 15) is 0 Å². The summed E-state index contributed by atoms with van der Waals surface area (Å²) in [4.78, 5) is 2.56. The van der Waals surface area contributed by atoms with E-state index in [1.54, 1.807) is 0 Å². The Labute approximate surface area is 293 Å². The van der Waals surface area contributed by atoms with Crippen LogP contribution in [0.3, 0.4) is 0 Å². The van der Waals surface area contributed by atoms with Gasteiger partial charge in [0.1, 0.15) is 0 Å². The third kappa shape index (κ3) is 3.96. The van der Waals surface area contributed by atoms with E-state index < -0.39 is 0 Å². The number of rotatable bonds is 3. The molecule has 0 saturated carbocycles. The molecule has 3 heterocycles. The lowest BCUT2D eigenvalue weighted by Gasteiger charge is -2.49. The molecule has 0 N–H and O–H groups in total. The molecule has 0 aliphatic carbocycles. The molecule has 10 rings (SSSR count). The minimum atomic E-state index is -0.230. The first-order valence-electron chi connectivity index (χ1n) is 17.7. The monoisotopic (exact) mass is 642 g/mol. The summed E-state index contributed by atoms with van der Waals surface area (Å²) in [6.45, 7) is 9.62. The second kappa shape index (κ2) is 10.3. The SMILES string of the molecule is CC1(C)c2ccccc2N2c3ccc(-c4ccc5c(c4)c4ccccc4n5-c4ccccc4)cc3C(C)(C)c3cc(-c4ccccc4)cc1c32. The van der Waals surface area contributed by atoms with Gasteiger partial charge < -0.3 is 9.47 Å². The third-order valence-electron chi connectivity index (χ3n) is 11.5. The molecule has 0 radical (unpaired) electrons. The molecule has 2 nitrogen and oxygen atoms in total. The van der Waals surface area contributed by atoms with Crippen LogP contribution in [0.4, 0.5) is 17.1 Å². The van der Waals surface area contributed by atoms with Gasteiger partial charge in [0.15, 0.2) is 0 Å². The van der Waals surface area contributed by atoms with Gasteiger partial charge in [0.2, 0.25) is 0 Å². The summed E-state index contributed by atoms with van der Waals surface area (Å²) < 4.78 is 2.39. The highest BCUT2D eigenvalue weighted by molar-refractivity contribution is 6.10. The maximum atomic E-state index is 2.56. The van der Waals surface area contributed by atoms with Crippen LogP contribution in [0.5, 0.6) is 0 Å². The van der Waals surface area contributed by atoms with Crippen molar-refractivity contribution in [2.45, 2.75) is 38.5 Å². The summed E-state index contributed by atoms with van der Waals surface area (Å²) in [7, 11) is 0. The zero-order valence-corrected chi connectivity index (χ0v) is 28.9. The Kier molecular flexibility index (Phi) is 6.01. The molecule has 0 bridgehead atoms. The van der Waals surface area contributed by atoms with Gasteiger partial charge in [0, 0.05) is 27.3 Å². The minimum absolute atomic E-state index is 0.149. The van der Waals surface area contributed by atoms with Crippen molar-refractivity contribution < 1.29 is 0 Å². The number of fused-ring (bicyclic) bond motifs is 7. The summed E-state index contributed by atoms with van der Waals surface area (Å²) in [5.74, 6) is 0. The van der Waals surface area contributed by atoms with Crippen LogP contribution in [-0.4, -0.2) is 4.57 Å². The van der Waals surface area contributed by atoms with Gasteiger partial charge in [-0.2, -0.15) is 0 Å². The molecule has 0 unspecified atom stereocenters. The van der Waals surface area contributed by atoms with Crippen molar-refractivity contribution in [1.82, 2.24) is 4.57 Å². The number of hydrogen-bond acceptors (Lipinski definition) is 1. The van der Waals surface area contributed by atoms with Crippen molar-refractivity contribution in [3.05, 3.63) is 180 Å². The Balaban J connectivity index is 1.20. The predicted molar refractivity (Wildman–Crippen MR) is 211 cm³/mol. The largest absolute Gasteiger partial charge is 0.309 e. The number of hydrogen-bond donors (Lipinski definition) is 0. The molecule has 50 heavy (non-hydrogen) atoms. The van der Waals surface area contributed by atoms with Gasteiger partial charge in [-0.3, -0.25) is 0 Å². The van der Waals surface area contributed by atoms with Gasteiger partial charge in [-0.15, -0.1) is 0 Å².